The Morgan fingerprint density at radius 2 is 1.86 bits per heavy atom. The van der Waals surface area contributed by atoms with Gasteiger partial charge < -0.3 is 15.2 Å². The first kappa shape index (κ1) is 18.1. The Kier molecular flexibility index (Phi) is 5.07. The van der Waals surface area contributed by atoms with Crippen molar-refractivity contribution in [3.8, 4) is 0 Å². The maximum atomic E-state index is 13.4. The van der Waals surface area contributed by atoms with Gasteiger partial charge in [-0.05, 0) is 70.3 Å². The predicted octanol–water partition coefficient (Wildman–Crippen LogP) is 2.49. The SMILES string of the molecule is O=C([C@@H]1CCCN1C1CCNCC1)N1CCCC(c2nc3ccccc3[nH]2)C1. The predicted molar refractivity (Wildman–Crippen MR) is 110 cm³/mol. The van der Waals surface area contributed by atoms with Crippen LogP contribution in [0, 0.1) is 0 Å². The lowest BCUT2D eigenvalue weighted by atomic mass is 9.96. The number of rotatable bonds is 3. The largest absolute Gasteiger partial charge is 0.342 e. The fourth-order valence-corrected chi connectivity index (χ4v) is 5.41. The van der Waals surface area contributed by atoms with Gasteiger partial charge in [0, 0.05) is 25.0 Å². The number of likely N-dealkylation sites (tertiary alicyclic amines) is 2. The van der Waals surface area contributed by atoms with Crippen LogP contribution in [0.4, 0.5) is 0 Å². The smallest absolute Gasteiger partial charge is 0.239 e. The van der Waals surface area contributed by atoms with E-state index < -0.39 is 0 Å². The van der Waals surface area contributed by atoms with Gasteiger partial charge in [-0.25, -0.2) is 4.98 Å². The van der Waals surface area contributed by atoms with Crippen molar-refractivity contribution in [2.75, 3.05) is 32.7 Å². The van der Waals surface area contributed by atoms with E-state index in [4.69, 9.17) is 4.98 Å². The Bertz CT molecular complexity index is 794. The third-order valence-electron chi connectivity index (χ3n) is 6.88. The molecule has 1 unspecified atom stereocenters. The van der Waals surface area contributed by atoms with Crippen molar-refractivity contribution in [2.24, 2.45) is 0 Å². The molecule has 3 saturated heterocycles. The van der Waals surface area contributed by atoms with Crippen molar-refractivity contribution in [2.45, 2.75) is 56.5 Å². The second-order valence-corrected chi connectivity index (χ2v) is 8.64. The quantitative estimate of drug-likeness (QED) is 0.857. The van der Waals surface area contributed by atoms with Gasteiger partial charge in [-0.2, -0.15) is 0 Å². The van der Waals surface area contributed by atoms with Crippen LogP contribution in [0.25, 0.3) is 11.0 Å². The topological polar surface area (TPSA) is 64.3 Å². The lowest BCUT2D eigenvalue weighted by Gasteiger charge is -2.39. The molecule has 1 amide bonds. The Hall–Kier alpha value is -1.92. The number of imidazole rings is 1. The van der Waals surface area contributed by atoms with E-state index in [2.05, 4.69) is 32.2 Å². The number of benzene rings is 1. The van der Waals surface area contributed by atoms with Crippen LogP contribution in [-0.4, -0.2) is 70.5 Å². The molecule has 3 aliphatic heterocycles. The molecule has 1 aromatic heterocycles. The van der Waals surface area contributed by atoms with Crippen molar-refractivity contribution < 1.29 is 4.79 Å². The molecule has 2 atom stereocenters. The Morgan fingerprint density at radius 1 is 1.04 bits per heavy atom. The van der Waals surface area contributed by atoms with Gasteiger partial charge in [0.1, 0.15) is 5.82 Å². The fraction of sp³-hybridized carbons (Fsp3) is 0.636. The summed E-state index contributed by atoms with van der Waals surface area (Å²) in [7, 11) is 0. The van der Waals surface area contributed by atoms with Crippen LogP contribution >= 0.6 is 0 Å². The Balaban J connectivity index is 1.29. The first-order valence-electron chi connectivity index (χ1n) is 11.0. The van der Waals surface area contributed by atoms with E-state index in [1.807, 2.05) is 12.1 Å². The maximum absolute atomic E-state index is 13.4. The minimum atomic E-state index is 0.0949. The normalized spacial score (nSPS) is 27.5. The number of nitrogens with zero attached hydrogens (tertiary/aromatic N) is 3. The molecule has 2 N–H and O–H groups in total. The minimum absolute atomic E-state index is 0.0949. The molecule has 0 radical (unpaired) electrons. The van der Waals surface area contributed by atoms with Crippen molar-refractivity contribution in [3.05, 3.63) is 30.1 Å². The van der Waals surface area contributed by atoms with Gasteiger partial charge in [-0.15, -0.1) is 0 Å². The standard InChI is InChI=1S/C22H31N5O/c28-22(20-8-4-14-27(20)17-9-11-23-12-10-17)26-13-3-5-16(15-26)21-24-18-6-1-2-7-19(18)25-21/h1-2,6-7,16-17,20,23H,3-5,8-15H2,(H,24,25)/t16?,20-/m0/s1. The summed E-state index contributed by atoms with van der Waals surface area (Å²) in [5.74, 6) is 1.72. The van der Waals surface area contributed by atoms with Crippen LogP contribution in [0.5, 0.6) is 0 Å². The zero-order valence-corrected chi connectivity index (χ0v) is 16.6. The number of piperidine rings is 2. The molecule has 0 bridgehead atoms. The highest BCUT2D eigenvalue weighted by atomic mass is 16.2. The molecule has 0 spiro atoms. The third kappa shape index (κ3) is 3.44. The number of hydrogen-bond donors (Lipinski definition) is 2. The molecule has 3 fully saturated rings. The summed E-state index contributed by atoms with van der Waals surface area (Å²) < 4.78 is 0. The van der Waals surface area contributed by atoms with Gasteiger partial charge in [0.15, 0.2) is 0 Å². The third-order valence-corrected chi connectivity index (χ3v) is 6.88. The molecule has 6 nitrogen and oxygen atoms in total. The zero-order chi connectivity index (χ0) is 18.9. The molecule has 1 aromatic carbocycles. The molecule has 6 heteroatoms. The lowest BCUT2D eigenvalue weighted by molar-refractivity contribution is -0.138. The summed E-state index contributed by atoms with van der Waals surface area (Å²) in [5, 5.41) is 3.45. The van der Waals surface area contributed by atoms with Gasteiger partial charge in [-0.1, -0.05) is 12.1 Å². The van der Waals surface area contributed by atoms with Gasteiger partial charge in [0.05, 0.1) is 17.1 Å². The summed E-state index contributed by atoms with van der Waals surface area (Å²) >= 11 is 0. The average molecular weight is 382 g/mol. The number of H-pyrrole nitrogens is 1. The van der Waals surface area contributed by atoms with E-state index in [-0.39, 0.29) is 6.04 Å². The summed E-state index contributed by atoms with van der Waals surface area (Å²) in [5.41, 5.74) is 2.11. The first-order valence-corrected chi connectivity index (χ1v) is 11.0. The van der Waals surface area contributed by atoms with Crippen LogP contribution < -0.4 is 5.32 Å². The molecule has 0 saturated carbocycles. The average Bonchev–Trinajstić information content (AvgIpc) is 3.41. The second kappa shape index (κ2) is 7.84. The number of carbonyl (C=O) groups is 1. The number of hydrogen-bond acceptors (Lipinski definition) is 4. The number of aromatic nitrogens is 2. The van der Waals surface area contributed by atoms with Gasteiger partial charge in [0.25, 0.3) is 0 Å². The van der Waals surface area contributed by atoms with Crippen LogP contribution in [0.3, 0.4) is 0 Å². The number of carbonyl (C=O) groups excluding carboxylic acids is 1. The highest BCUT2D eigenvalue weighted by molar-refractivity contribution is 5.82. The molecular formula is C22H31N5O. The fourth-order valence-electron chi connectivity index (χ4n) is 5.41. The molecule has 2 aromatic rings. The first-order chi connectivity index (χ1) is 13.8. The highest BCUT2D eigenvalue weighted by Gasteiger charge is 2.39. The van der Waals surface area contributed by atoms with Gasteiger partial charge in [-0.3, -0.25) is 9.69 Å². The second-order valence-electron chi connectivity index (χ2n) is 8.64. The van der Waals surface area contributed by atoms with Crippen LogP contribution in [0.1, 0.15) is 50.3 Å². The van der Waals surface area contributed by atoms with Crippen LogP contribution in [-0.2, 0) is 4.79 Å². The molecule has 0 aliphatic carbocycles. The van der Waals surface area contributed by atoms with E-state index in [9.17, 15) is 4.79 Å². The molecule has 28 heavy (non-hydrogen) atoms. The molecule has 150 valence electrons. The molecule has 3 aliphatic rings. The number of nitrogens with one attached hydrogen (secondary N) is 2. The number of aromatic amines is 1. The summed E-state index contributed by atoms with van der Waals surface area (Å²) in [6.45, 7) is 4.95. The summed E-state index contributed by atoms with van der Waals surface area (Å²) in [4.78, 5) is 26.4. The van der Waals surface area contributed by atoms with E-state index in [1.165, 1.54) is 12.8 Å². The van der Waals surface area contributed by atoms with Crippen molar-refractivity contribution in [3.63, 3.8) is 0 Å². The minimum Gasteiger partial charge on any atom is -0.342 e. The van der Waals surface area contributed by atoms with E-state index in [0.717, 1.165) is 75.3 Å². The molecule has 4 heterocycles. The highest BCUT2D eigenvalue weighted by Crippen LogP contribution is 2.30. The van der Waals surface area contributed by atoms with Crippen molar-refractivity contribution in [1.82, 2.24) is 25.1 Å². The summed E-state index contributed by atoms with van der Waals surface area (Å²) in [6.07, 6.45) is 6.69. The Morgan fingerprint density at radius 3 is 2.71 bits per heavy atom. The number of amides is 1. The monoisotopic (exact) mass is 381 g/mol. The molecule has 5 rings (SSSR count). The van der Waals surface area contributed by atoms with Gasteiger partial charge in [0.2, 0.25) is 5.91 Å². The summed E-state index contributed by atoms with van der Waals surface area (Å²) in [6, 6.07) is 8.87. The number of fused-ring (bicyclic) bond motifs is 1. The maximum Gasteiger partial charge on any atom is 0.239 e. The van der Waals surface area contributed by atoms with Crippen LogP contribution in [0.2, 0.25) is 0 Å². The van der Waals surface area contributed by atoms with E-state index in [0.29, 0.717) is 17.9 Å². The van der Waals surface area contributed by atoms with E-state index in [1.54, 1.807) is 0 Å². The van der Waals surface area contributed by atoms with E-state index >= 15 is 0 Å². The lowest BCUT2D eigenvalue weighted by Crippen LogP contribution is -2.53. The number of para-hydroxylation sites is 2. The molecular weight excluding hydrogens is 350 g/mol. The zero-order valence-electron chi connectivity index (χ0n) is 16.6. The van der Waals surface area contributed by atoms with Gasteiger partial charge >= 0.3 is 0 Å². The van der Waals surface area contributed by atoms with Crippen molar-refractivity contribution in [1.29, 1.82) is 0 Å². The van der Waals surface area contributed by atoms with Crippen LogP contribution in [0.15, 0.2) is 24.3 Å². The Labute approximate surface area is 166 Å². The van der Waals surface area contributed by atoms with Crippen molar-refractivity contribution >= 4 is 16.9 Å².